The minimum atomic E-state index is -2.56. The Hall–Kier alpha value is 0.901. The second-order valence-electron chi connectivity index (χ2n) is 13.8. The van der Waals surface area contributed by atoms with Crippen LogP contribution in [0.15, 0.2) is 0 Å². The van der Waals surface area contributed by atoms with Gasteiger partial charge in [0.05, 0.1) is 6.23 Å². The average Bonchev–Trinajstić information content (AvgIpc) is 2.92. The quantitative estimate of drug-likeness (QED) is 0.0744. The summed E-state index contributed by atoms with van der Waals surface area (Å²) in [6.07, 6.45) is 2.93. The molecule has 0 aliphatic carbocycles. The van der Waals surface area contributed by atoms with E-state index in [9.17, 15) is 5.11 Å². The summed E-state index contributed by atoms with van der Waals surface area (Å²) < 4.78 is 53.2. The van der Waals surface area contributed by atoms with Crippen molar-refractivity contribution in [3.05, 3.63) is 0 Å². The molecule has 0 fully saturated rings. The third-order valence-corrected chi connectivity index (χ3v) is 29.5. The molecule has 0 saturated heterocycles. The van der Waals surface area contributed by atoms with Crippen LogP contribution in [0.1, 0.15) is 19.3 Å². The molecule has 0 aliphatic heterocycles. The summed E-state index contributed by atoms with van der Waals surface area (Å²) in [6.45, 7) is 21.3. The van der Waals surface area contributed by atoms with Gasteiger partial charge in [0.1, 0.15) is 0 Å². The Balaban J connectivity index is 4.12. The highest BCUT2D eigenvalue weighted by Crippen LogP contribution is 2.28. The Morgan fingerprint density at radius 1 is 0.419 bits per heavy atom. The van der Waals surface area contributed by atoms with Gasteiger partial charge in [0.2, 0.25) is 0 Å². The maximum Gasteiger partial charge on any atom is 0.499 e. The molecule has 0 unspecified atom stereocenters. The number of hydrogen-bond donors (Lipinski definition) is 1. The minimum absolute atomic E-state index is 0.0222. The Kier molecular flexibility index (Phi) is 21.4. The lowest BCUT2D eigenvalue weighted by molar-refractivity contribution is 0.0827. The van der Waals surface area contributed by atoms with Crippen molar-refractivity contribution in [2.75, 3.05) is 68.2 Å². The van der Waals surface area contributed by atoms with Crippen molar-refractivity contribution in [2.24, 2.45) is 0 Å². The maximum absolute atomic E-state index is 9.74. The van der Waals surface area contributed by atoms with Gasteiger partial charge in [0.15, 0.2) is 33.3 Å². The highest BCUT2D eigenvalue weighted by atomic mass is 28.4. The van der Waals surface area contributed by atoms with Crippen molar-refractivity contribution in [3.8, 4) is 0 Å². The van der Waals surface area contributed by atoms with Gasteiger partial charge in [-0.2, -0.15) is 0 Å². The van der Waals surface area contributed by atoms with Crippen LogP contribution < -0.4 is 0 Å². The normalized spacial score (nSPS) is 14.1. The van der Waals surface area contributed by atoms with E-state index in [1.54, 1.807) is 35.5 Å². The molecule has 0 amide bonds. The highest BCUT2D eigenvalue weighted by molar-refractivity contribution is 6.86. The van der Waals surface area contributed by atoms with Crippen LogP contribution in [0.4, 0.5) is 0 Å². The lowest BCUT2D eigenvalue weighted by Crippen LogP contribution is -2.49. The zero-order chi connectivity index (χ0) is 33.3. The van der Waals surface area contributed by atoms with Crippen molar-refractivity contribution in [1.29, 1.82) is 0 Å². The summed E-state index contributed by atoms with van der Waals surface area (Å²) in [5.41, 5.74) is 0. The summed E-state index contributed by atoms with van der Waals surface area (Å²) in [5, 5.41) is 9.74. The molecule has 0 aromatic carbocycles. The topological polar surface area (TPSA) is 103 Å². The smallest absolute Gasteiger partial charge is 0.456 e. The lowest BCUT2D eigenvalue weighted by atomic mass is 10.4. The third kappa shape index (κ3) is 19.4. The first-order chi connectivity index (χ1) is 19.9. The van der Waals surface area contributed by atoms with Crippen molar-refractivity contribution in [3.63, 3.8) is 0 Å². The van der Waals surface area contributed by atoms with Gasteiger partial charge in [0, 0.05) is 68.0 Å². The van der Waals surface area contributed by atoms with E-state index < -0.39 is 50.6 Å². The molecule has 0 spiro atoms. The van der Waals surface area contributed by atoms with Gasteiger partial charge in [-0.3, -0.25) is 0 Å². The molecule has 0 aliphatic rings. The van der Waals surface area contributed by atoms with Crippen LogP contribution in [0.5, 0.6) is 0 Å². The fraction of sp³-hybridized carbons (Fsp3) is 1.00. The molecule has 0 saturated carbocycles. The predicted octanol–water partition coefficient (Wildman–Crippen LogP) is 6.19. The predicted molar refractivity (Wildman–Crippen MR) is 190 cm³/mol. The van der Waals surface area contributed by atoms with Crippen LogP contribution in [0, 0.1) is 0 Å². The third-order valence-electron chi connectivity index (χ3n) is 7.88. The number of hydrogen-bond acceptors (Lipinski definition) is 10. The molecule has 1 N–H and O–H groups in total. The molecular weight excluding hydrogens is 653 g/mol. The molecule has 16 heteroatoms. The molecule has 0 aromatic heterocycles. The van der Waals surface area contributed by atoms with Crippen LogP contribution in [0.2, 0.25) is 88.6 Å². The Morgan fingerprint density at radius 3 is 1.12 bits per heavy atom. The molecular formula is C27H68O10Si6. The van der Waals surface area contributed by atoms with Crippen LogP contribution in [0.25, 0.3) is 0 Å². The van der Waals surface area contributed by atoms with E-state index in [0.717, 1.165) is 82.0 Å². The van der Waals surface area contributed by atoms with E-state index >= 15 is 0 Å². The first-order valence-electron chi connectivity index (χ1n) is 15.8. The van der Waals surface area contributed by atoms with Crippen LogP contribution >= 0.6 is 0 Å². The fourth-order valence-corrected chi connectivity index (χ4v) is 30.6. The van der Waals surface area contributed by atoms with Gasteiger partial charge in [-0.1, -0.05) is 0 Å². The zero-order valence-electron chi connectivity index (χ0n) is 30.0. The van der Waals surface area contributed by atoms with Crippen LogP contribution in [-0.2, 0) is 39.8 Å². The molecule has 10 nitrogen and oxygen atoms in total. The van der Waals surface area contributed by atoms with E-state index in [0.29, 0.717) is 0 Å². The van der Waals surface area contributed by atoms with E-state index in [4.69, 9.17) is 39.8 Å². The molecule has 260 valence electrons. The SMILES string of the molecule is CO[Si](CO)(CC[Si](C)(C)O[Si](C)(C)CCCOCCCOCCC[Si](C)(C)O[Si](C)(C)CC[Si](OC)(OC)OC)OC. The highest BCUT2D eigenvalue weighted by Gasteiger charge is 2.42. The van der Waals surface area contributed by atoms with Crippen LogP contribution in [-0.4, -0.2) is 124 Å². The molecule has 43 heavy (non-hydrogen) atoms. The van der Waals surface area contributed by atoms with Gasteiger partial charge < -0.3 is 44.9 Å². The Bertz CT molecular complexity index is 648. The number of rotatable bonds is 28. The van der Waals surface area contributed by atoms with Crippen LogP contribution in [0.3, 0.4) is 0 Å². The summed E-state index contributed by atoms with van der Waals surface area (Å²) in [7, 11) is -4.10. The second kappa shape index (κ2) is 21.0. The van der Waals surface area contributed by atoms with Crippen molar-refractivity contribution in [2.45, 2.75) is 108 Å². The molecule has 0 bridgehead atoms. The first-order valence-corrected chi connectivity index (χ1v) is 32.4. The monoisotopic (exact) mass is 720 g/mol. The molecule has 0 atom stereocenters. The second-order valence-corrected chi connectivity index (χ2v) is 38.1. The maximum atomic E-state index is 9.74. The fourth-order valence-electron chi connectivity index (χ4n) is 5.36. The molecule has 0 aromatic rings. The van der Waals surface area contributed by atoms with E-state index in [2.05, 4.69) is 52.4 Å². The average molecular weight is 721 g/mol. The molecule has 0 radical (unpaired) electrons. The van der Waals surface area contributed by atoms with Gasteiger partial charge in [0.25, 0.3) is 0 Å². The van der Waals surface area contributed by atoms with E-state index in [-0.39, 0.29) is 6.23 Å². The number of aliphatic hydroxyl groups is 1. The summed E-state index contributed by atoms with van der Waals surface area (Å²) in [6, 6.07) is 5.61. The lowest BCUT2D eigenvalue weighted by Gasteiger charge is -2.36. The summed E-state index contributed by atoms with van der Waals surface area (Å²) in [4.78, 5) is 0. The van der Waals surface area contributed by atoms with Gasteiger partial charge in [-0.05, 0) is 102 Å². The Morgan fingerprint density at radius 2 is 0.767 bits per heavy atom. The largest absolute Gasteiger partial charge is 0.499 e. The van der Waals surface area contributed by atoms with E-state index in [1.807, 2.05) is 0 Å². The first kappa shape index (κ1) is 43.9. The summed E-state index contributed by atoms with van der Waals surface area (Å²) in [5.74, 6) is 0. The standard InChI is InChI=1S/C27H68O10Si6/c1-29-42(27-28,30-2)25-23-40(10,11)36-38(6,7)21-15-19-34-17-14-18-35-20-16-22-39(8,9)37-41(12,13)24-26-43(31-3,32-4)33-5/h28H,14-27H2,1-13H3. The van der Waals surface area contributed by atoms with Crippen molar-refractivity contribution >= 4 is 50.6 Å². The zero-order valence-corrected chi connectivity index (χ0v) is 36.0. The number of ether oxygens (including phenoxy) is 2. The molecule has 0 heterocycles. The summed E-state index contributed by atoms with van der Waals surface area (Å²) >= 11 is 0. The Labute approximate surface area is 270 Å². The van der Waals surface area contributed by atoms with Crippen molar-refractivity contribution in [1.82, 2.24) is 0 Å². The molecule has 0 rings (SSSR count). The van der Waals surface area contributed by atoms with Crippen molar-refractivity contribution < 1.29 is 44.9 Å². The van der Waals surface area contributed by atoms with E-state index in [1.165, 1.54) is 0 Å². The van der Waals surface area contributed by atoms with Gasteiger partial charge in [-0.25, -0.2) is 0 Å². The van der Waals surface area contributed by atoms with Gasteiger partial charge in [-0.15, -0.1) is 0 Å². The number of aliphatic hydroxyl groups excluding tert-OH is 1. The van der Waals surface area contributed by atoms with Gasteiger partial charge >= 0.3 is 17.4 Å². The minimum Gasteiger partial charge on any atom is -0.456 e.